The SMILES string of the molecule is CC1C=C(c2cc(S(C)(=O)=O)ccc2OCC2CC2)C2=C(F)C(F)CN2C1=O. The van der Waals surface area contributed by atoms with Gasteiger partial charge in [0.2, 0.25) is 5.91 Å². The second-order valence-electron chi connectivity index (χ2n) is 7.67. The summed E-state index contributed by atoms with van der Waals surface area (Å²) in [7, 11) is -3.52. The molecule has 0 aromatic heterocycles. The van der Waals surface area contributed by atoms with E-state index in [1.165, 1.54) is 12.1 Å². The predicted octanol–water partition coefficient (Wildman–Crippen LogP) is 3.27. The second kappa shape index (κ2) is 6.69. The number of ether oxygens (including phenoxy) is 1. The molecule has 1 saturated carbocycles. The Morgan fingerprint density at radius 2 is 2.00 bits per heavy atom. The number of amides is 1. The fraction of sp³-hybridized carbons (Fsp3) is 0.450. The largest absolute Gasteiger partial charge is 0.493 e. The molecule has 2 aliphatic heterocycles. The number of allylic oxidation sites excluding steroid dienone is 1. The third-order valence-electron chi connectivity index (χ3n) is 5.28. The number of rotatable bonds is 5. The Bertz CT molecular complexity index is 1010. The topological polar surface area (TPSA) is 63.7 Å². The van der Waals surface area contributed by atoms with Crippen molar-refractivity contribution < 1.29 is 26.7 Å². The number of alkyl halides is 1. The normalized spacial score (nSPS) is 25.1. The quantitative estimate of drug-likeness (QED) is 0.749. The molecule has 4 rings (SSSR count). The molecule has 1 amide bonds. The maximum Gasteiger partial charge on any atom is 0.233 e. The summed E-state index contributed by atoms with van der Waals surface area (Å²) in [5, 5.41) is 0. The van der Waals surface area contributed by atoms with Crippen molar-refractivity contribution in [3.8, 4) is 5.75 Å². The lowest BCUT2D eigenvalue weighted by Crippen LogP contribution is -2.36. The number of sulfone groups is 1. The summed E-state index contributed by atoms with van der Waals surface area (Å²) in [6, 6.07) is 4.39. The molecule has 1 aromatic carbocycles. The number of nitrogens with zero attached hydrogens (tertiary/aromatic N) is 1. The minimum atomic E-state index is -3.52. The zero-order valence-electron chi connectivity index (χ0n) is 15.6. The fourth-order valence-corrected chi connectivity index (χ4v) is 4.16. The van der Waals surface area contributed by atoms with Crippen molar-refractivity contribution in [1.82, 2.24) is 4.90 Å². The van der Waals surface area contributed by atoms with E-state index in [1.54, 1.807) is 19.1 Å². The van der Waals surface area contributed by atoms with Gasteiger partial charge in [0.1, 0.15) is 5.75 Å². The molecule has 2 heterocycles. The number of benzene rings is 1. The molecule has 2 unspecified atom stereocenters. The summed E-state index contributed by atoms with van der Waals surface area (Å²) in [4.78, 5) is 13.6. The van der Waals surface area contributed by atoms with Gasteiger partial charge >= 0.3 is 0 Å². The van der Waals surface area contributed by atoms with Crippen LogP contribution in [0, 0.1) is 11.8 Å². The summed E-state index contributed by atoms with van der Waals surface area (Å²) in [6.07, 6.45) is 2.89. The maximum absolute atomic E-state index is 14.6. The predicted molar refractivity (Wildman–Crippen MR) is 99.7 cm³/mol. The molecule has 0 spiro atoms. The van der Waals surface area contributed by atoms with E-state index in [-0.39, 0.29) is 23.0 Å². The van der Waals surface area contributed by atoms with Gasteiger partial charge in [-0.15, -0.1) is 0 Å². The third-order valence-corrected chi connectivity index (χ3v) is 6.39. The summed E-state index contributed by atoms with van der Waals surface area (Å²) in [5.41, 5.74) is 0.519. The first kappa shape index (κ1) is 19.1. The smallest absolute Gasteiger partial charge is 0.233 e. The summed E-state index contributed by atoms with van der Waals surface area (Å²) in [5.74, 6) is -1.12. The highest BCUT2D eigenvalue weighted by Crippen LogP contribution is 2.44. The molecule has 2 atom stereocenters. The molecule has 5 nitrogen and oxygen atoms in total. The van der Waals surface area contributed by atoms with Crippen LogP contribution < -0.4 is 4.74 Å². The highest BCUT2D eigenvalue weighted by atomic mass is 32.2. The number of hydrogen-bond acceptors (Lipinski definition) is 4. The Morgan fingerprint density at radius 3 is 2.64 bits per heavy atom. The lowest BCUT2D eigenvalue weighted by atomic mass is 9.92. The zero-order valence-corrected chi connectivity index (χ0v) is 16.4. The van der Waals surface area contributed by atoms with Crippen molar-refractivity contribution >= 4 is 21.3 Å². The number of carbonyl (C=O) groups excluding carboxylic acids is 1. The van der Waals surface area contributed by atoms with Gasteiger partial charge in [0.05, 0.1) is 29.7 Å². The highest BCUT2D eigenvalue weighted by Gasteiger charge is 2.42. The molecule has 8 heteroatoms. The summed E-state index contributed by atoms with van der Waals surface area (Å²) < 4.78 is 58.6. The fourth-order valence-electron chi connectivity index (χ4n) is 3.51. The van der Waals surface area contributed by atoms with Gasteiger partial charge in [-0.25, -0.2) is 17.2 Å². The van der Waals surface area contributed by atoms with Crippen molar-refractivity contribution in [2.75, 3.05) is 19.4 Å². The highest BCUT2D eigenvalue weighted by molar-refractivity contribution is 7.90. The van der Waals surface area contributed by atoms with Gasteiger partial charge < -0.3 is 9.64 Å². The van der Waals surface area contributed by atoms with E-state index in [0.717, 1.165) is 24.0 Å². The van der Waals surface area contributed by atoms with Crippen molar-refractivity contribution in [2.24, 2.45) is 11.8 Å². The van der Waals surface area contributed by atoms with Crippen LogP contribution in [0.25, 0.3) is 5.57 Å². The number of fused-ring (bicyclic) bond motifs is 1. The van der Waals surface area contributed by atoms with E-state index in [9.17, 15) is 22.0 Å². The lowest BCUT2D eigenvalue weighted by Gasteiger charge is -2.30. The van der Waals surface area contributed by atoms with Crippen LogP contribution in [0.5, 0.6) is 5.75 Å². The molecule has 0 radical (unpaired) electrons. The molecular weight excluding hydrogens is 388 g/mol. The molecule has 1 fully saturated rings. The van der Waals surface area contributed by atoms with Gasteiger partial charge in [-0.05, 0) is 37.0 Å². The van der Waals surface area contributed by atoms with Crippen LogP contribution >= 0.6 is 0 Å². The van der Waals surface area contributed by atoms with Crippen LogP contribution in [-0.4, -0.2) is 44.8 Å². The first-order valence-corrected chi connectivity index (χ1v) is 11.1. The monoisotopic (exact) mass is 409 g/mol. The molecule has 1 aliphatic carbocycles. The minimum Gasteiger partial charge on any atom is -0.493 e. The summed E-state index contributed by atoms with van der Waals surface area (Å²) in [6.45, 7) is 1.75. The van der Waals surface area contributed by atoms with E-state index in [0.29, 0.717) is 29.4 Å². The molecule has 28 heavy (non-hydrogen) atoms. The van der Waals surface area contributed by atoms with E-state index in [2.05, 4.69) is 0 Å². The Morgan fingerprint density at radius 1 is 1.29 bits per heavy atom. The van der Waals surface area contributed by atoms with Crippen LogP contribution in [0.3, 0.4) is 0 Å². The molecule has 0 saturated heterocycles. The number of carbonyl (C=O) groups is 1. The van der Waals surface area contributed by atoms with Gasteiger partial charge in [0.25, 0.3) is 0 Å². The molecular formula is C20H21F2NO4S. The Kier molecular flexibility index (Phi) is 4.56. The molecule has 150 valence electrons. The lowest BCUT2D eigenvalue weighted by molar-refractivity contribution is -0.131. The minimum absolute atomic E-state index is 0.0501. The first-order chi connectivity index (χ1) is 13.2. The van der Waals surface area contributed by atoms with E-state index >= 15 is 0 Å². The van der Waals surface area contributed by atoms with Gasteiger partial charge in [-0.1, -0.05) is 13.0 Å². The zero-order chi connectivity index (χ0) is 20.2. The standard InChI is InChI=1S/C20H21F2NO4S/c1-11-7-15(19-18(22)16(21)9-23(19)20(11)24)14-8-13(28(2,25)26)5-6-17(14)27-10-12-3-4-12/h5-8,11-12,16H,3-4,9-10H2,1-2H3. The number of hydrogen-bond donors (Lipinski definition) is 0. The Labute approximate surface area is 162 Å². The van der Waals surface area contributed by atoms with Crippen molar-refractivity contribution in [2.45, 2.75) is 30.8 Å². The average Bonchev–Trinajstić information content (AvgIpc) is 3.41. The average molecular weight is 409 g/mol. The van der Waals surface area contributed by atoms with Crippen LogP contribution in [0.4, 0.5) is 8.78 Å². The Hall–Kier alpha value is -2.22. The van der Waals surface area contributed by atoms with Crippen LogP contribution in [0.2, 0.25) is 0 Å². The van der Waals surface area contributed by atoms with Crippen molar-refractivity contribution in [1.29, 1.82) is 0 Å². The van der Waals surface area contributed by atoms with Crippen LogP contribution in [0.1, 0.15) is 25.3 Å². The molecule has 0 N–H and O–H groups in total. The van der Waals surface area contributed by atoms with E-state index < -0.39 is 27.8 Å². The Balaban J connectivity index is 1.87. The molecule has 3 aliphatic rings. The van der Waals surface area contributed by atoms with Crippen LogP contribution in [0.15, 0.2) is 40.7 Å². The molecule has 0 bridgehead atoms. The van der Waals surface area contributed by atoms with Gasteiger partial charge in [0, 0.05) is 17.4 Å². The third kappa shape index (κ3) is 3.34. The van der Waals surface area contributed by atoms with Crippen molar-refractivity contribution in [3.05, 3.63) is 41.4 Å². The maximum atomic E-state index is 14.6. The number of halogens is 2. The second-order valence-corrected chi connectivity index (χ2v) is 9.68. The first-order valence-electron chi connectivity index (χ1n) is 9.21. The molecule has 1 aromatic rings. The van der Waals surface area contributed by atoms with E-state index in [1.807, 2.05) is 0 Å². The summed E-state index contributed by atoms with van der Waals surface area (Å²) >= 11 is 0. The van der Waals surface area contributed by atoms with Gasteiger partial charge in [0.15, 0.2) is 21.8 Å². The van der Waals surface area contributed by atoms with Gasteiger partial charge in [-0.3, -0.25) is 4.79 Å². The van der Waals surface area contributed by atoms with Crippen LogP contribution in [-0.2, 0) is 14.6 Å². The van der Waals surface area contributed by atoms with E-state index in [4.69, 9.17) is 4.74 Å². The van der Waals surface area contributed by atoms with Crippen molar-refractivity contribution in [3.63, 3.8) is 0 Å². The van der Waals surface area contributed by atoms with Gasteiger partial charge in [-0.2, -0.15) is 0 Å².